The Bertz CT molecular complexity index is 499. The van der Waals surface area contributed by atoms with Crippen LogP contribution in [0.4, 0.5) is 11.4 Å². The van der Waals surface area contributed by atoms with Crippen LogP contribution in [-0.2, 0) is 16.0 Å². The van der Waals surface area contributed by atoms with Gasteiger partial charge < -0.3 is 15.3 Å². The Morgan fingerprint density at radius 3 is 2.95 bits per heavy atom. The van der Waals surface area contributed by atoms with Crippen LogP contribution < -0.4 is 10.2 Å². The first-order chi connectivity index (χ1) is 9.06. The first-order valence-electron chi connectivity index (χ1n) is 6.42. The highest BCUT2D eigenvalue weighted by Gasteiger charge is 2.15. The van der Waals surface area contributed by atoms with Crippen LogP contribution in [0.25, 0.3) is 0 Å². The first kappa shape index (κ1) is 13.4. The summed E-state index contributed by atoms with van der Waals surface area (Å²) in [4.78, 5) is 23.8. The third-order valence-corrected chi connectivity index (χ3v) is 3.31. The van der Waals surface area contributed by atoms with E-state index < -0.39 is 5.97 Å². The number of amides is 1. The van der Waals surface area contributed by atoms with Crippen LogP contribution in [-0.4, -0.2) is 30.6 Å². The minimum Gasteiger partial charge on any atom is -0.481 e. The van der Waals surface area contributed by atoms with E-state index in [9.17, 15) is 9.59 Å². The number of nitrogens with zero attached hydrogens (tertiary/aromatic N) is 1. The molecule has 1 heterocycles. The van der Waals surface area contributed by atoms with Crippen LogP contribution in [0.5, 0.6) is 0 Å². The Morgan fingerprint density at radius 1 is 1.42 bits per heavy atom. The Hall–Kier alpha value is -2.04. The zero-order valence-corrected chi connectivity index (χ0v) is 11.0. The molecule has 5 nitrogen and oxygen atoms in total. The molecule has 0 bridgehead atoms. The van der Waals surface area contributed by atoms with Gasteiger partial charge in [-0.15, -0.1) is 0 Å². The van der Waals surface area contributed by atoms with Crippen LogP contribution >= 0.6 is 0 Å². The highest BCUT2D eigenvalue weighted by molar-refractivity contribution is 5.94. The van der Waals surface area contributed by atoms with Crippen LogP contribution in [0.2, 0.25) is 0 Å². The molecule has 0 saturated heterocycles. The molecule has 102 valence electrons. The molecule has 0 aromatic heterocycles. The average molecular weight is 262 g/mol. The van der Waals surface area contributed by atoms with Gasteiger partial charge in [-0.3, -0.25) is 9.59 Å². The fraction of sp³-hybridized carbons (Fsp3) is 0.429. The van der Waals surface area contributed by atoms with Gasteiger partial charge in [0.1, 0.15) is 0 Å². The largest absolute Gasteiger partial charge is 0.481 e. The lowest BCUT2D eigenvalue weighted by Crippen LogP contribution is -2.22. The normalized spacial score (nSPS) is 13.6. The second-order valence-corrected chi connectivity index (χ2v) is 4.81. The number of fused-ring (bicyclic) bond motifs is 1. The SMILES string of the molecule is CN(CCCC(=O)O)c1ccc2c(c1)CCC(=O)N2. The van der Waals surface area contributed by atoms with Crippen molar-refractivity contribution in [2.75, 3.05) is 23.8 Å². The molecule has 0 saturated carbocycles. The van der Waals surface area contributed by atoms with E-state index in [-0.39, 0.29) is 12.3 Å². The summed E-state index contributed by atoms with van der Waals surface area (Å²) in [6.07, 6.45) is 2.10. The van der Waals surface area contributed by atoms with E-state index in [2.05, 4.69) is 11.4 Å². The third-order valence-electron chi connectivity index (χ3n) is 3.31. The second-order valence-electron chi connectivity index (χ2n) is 4.81. The van der Waals surface area contributed by atoms with Gasteiger partial charge in [0, 0.05) is 37.8 Å². The molecule has 0 aliphatic carbocycles. The second kappa shape index (κ2) is 5.73. The molecule has 1 amide bonds. The van der Waals surface area contributed by atoms with Crippen molar-refractivity contribution < 1.29 is 14.7 Å². The number of anilines is 2. The molecule has 1 aromatic rings. The van der Waals surface area contributed by atoms with Crippen LogP contribution in [0.3, 0.4) is 0 Å². The van der Waals surface area contributed by atoms with Crippen molar-refractivity contribution >= 4 is 23.3 Å². The number of carbonyl (C=O) groups excluding carboxylic acids is 1. The van der Waals surface area contributed by atoms with E-state index in [1.54, 1.807) is 0 Å². The third kappa shape index (κ3) is 3.47. The monoisotopic (exact) mass is 262 g/mol. The summed E-state index contributed by atoms with van der Waals surface area (Å²) in [5.74, 6) is -0.698. The summed E-state index contributed by atoms with van der Waals surface area (Å²) < 4.78 is 0. The Labute approximate surface area is 112 Å². The van der Waals surface area contributed by atoms with Crippen LogP contribution in [0.1, 0.15) is 24.8 Å². The fourth-order valence-electron chi connectivity index (χ4n) is 2.20. The summed E-state index contributed by atoms with van der Waals surface area (Å²) in [6.45, 7) is 0.706. The standard InChI is InChI=1S/C14H18N2O3/c1-16(8-2-3-14(18)19)11-5-6-12-10(9-11)4-7-13(17)15-12/h5-6,9H,2-4,7-8H2,1H3,(H,15,17)(H,18,19). The van der Waals surface area contributed by atoms with Gasteiger partial charge >= 0.3 is 5.97 Å². The molecule has 0 radical (unpaired) electrons. The molecule has 5 heteroatoms. The van der Waals surface area contributed by atoms with Crippen molar-refractivity contribution in [1.29, 1.82) is 0 Å². The molecule has 0 unspecified atom stereocenters. The van der Waals surface area contributed by atoms with Crippen molar-refractivity contribution in [2.45, 2.75) is 25.7 Å². The highest BCUT2D eigenvalue weighted by atomic mass is 16.4. The molecule has 0 spiro atoms. The zero-order valence-electron chi connectivity index (χ0n) is 11.0. The van der Waals surface area contributed by atoms with E-state index >= 15 is 0 Å². The number of carboxylic acid groups (broad SMARTS) is 1. The molecular weight excluding hydrogens is 244 g/mol. The minimum absolute atomic E-state index is 0.0649. The van der Waals surface area contributed by atoms with Crippen molar-refractivity contribution in [1.82, 2.24) is 0 Å². The van der Waals surface area contributed by atoms with Crippen molar-refractivity contribution in [3.63, 3.8) is 0 Å². The predicted molar refractivity (Wildman–Crippen MR) is 73.5 cm³/mol. The topological polar surface area (TPSA) is 69.6 Å². The molecule has 19 heavy (non-hydrogen) atoms. The number of benzene rings is 1. The van der Waals surface area contributed by atoms with Gasteiger partial charge in [-0.2, -0.15) is 0 Å². The fourth-order valence-corrected chi connectivity index (χ4v) is 2.20. The summed E-state index contributed by atoms with van der Waals surface area (Å²) in [7, 11) is 1.95. The number of carbonyl (C=O) groups is 2. The molecule has 2 N–H and O–H groups in total. The molecule has 2 rings (SSSR count). The van der Waals surface area contributed by atoms with Gasteiger partial charge in [-0.1, -0.05) is 0 Å². The zero-order chi connectivity index (χ0) is 13.8. The molecule has 1 aromatic carbocycles. The Morgan fingerprint density at radius 2 is 2.21 bits per heavy atom. The van der Waals surface area contributed by atoms with Crippen molar-refractivity contribution in [2.24, 2.45) is 0 Å². The van der Waals surface area contributed by atoms with Gasteiger partial charge in [-0.25, -0.2) is 0 Å². The van der Waals surface area contributed by atoms with E-state index in [0.29, 0.717) is 19.4 Å². The lowest BCUT2D eigenvalue weighted by Gasteiger charge is -2.23. The van der Waals surface area contributed by atoms with Gasteiger partial charge in [0.2, 0.25) is 5.91 Å². The molecule has 0 fully saturated rings. The quantitative estimate of drug-likeness (QED) is 0.850. The maximum absolute atomic E-state index is 11.3. The number of hydrogen-bond acceptors (Lipinski definition) is 3. The van der Waals surface area contributed by atoms with Gasteiger partial charge in [0.25, 0.3) is 0 Å². The maximum Gasteiger partial charge on any atom is 0.303 e. The number of aryl methyl sites for hydroxylation is 1. The molecule has 1 aliphatic heterocycles. The predicted octanol–water partition coefficient (Wildman–Crippen LogP) is 1.87. The number of nitrogens with one attached hydrogen (secondary N) is 1. The van der Waals surface area contributed by atoms with Gasteiger partial charge in [-0.05, 0) is 36.6 Å². The van der Waals surface area contributed by atoms with E-state index in [4.69, 9.17) is 5.11 Å². The summed E-state index contributed by atoms with van der Waals surface area (Å²) in [5.41, 5.74) is 3.08. The van der Waals surface area contributed by atoms with E-state index in [0.717, 1.165) is 23.4 Å². The summed E-state index contributed by atoms with van der Waals surface area (Å²) in [6, 6.07) is 5.93. The molecule has 0 atom stereocenters. The van der Waals surface area contributed by atoms with Crippen LogP contribution in [0.15, 0.2) is 18.2 Å². The first-order valence-corrected chi connectivity index (χ1v) is 6.42. The number of carboxylic acids is 1. The average Bonchev–Trinajstić information content (AvgIpc) is 2.37. The van der Waals surface area contributed by atoms with Crippen molar-refractivity contribution in [3.05, 3.63) is 23.8 Å². The minimum atomic E-state index is -0.762. The lowest BCUT2D eigenvalue weighted by molar-refractivity contribution is -0.137. The molecular formula is C14H18N2O3. The highest BCUT2D eigenvalue weighted by Crippen LogP contribution is 2.27. The van der Waals surface area contributed by atoms with Crippen LogP contribution in [0, 0.1) is 0 Å². The van der Waals surface area contributed by atoms with E-state index in [1.165, 1.54) is 0 Å². The maximum atomic E-state index is 11.3. The number of hydrogen-bond donors (Lipinski definition) is 2. The van der Waals surface area contributed by atoms with Gasteiger partial charge in [0.05, 0.1) is 0 Å². The number of rotatable bonds is 5. The Kier molecular flexibility index (Phi) is 4.04. The van der Waals surface area contributed by atoms with E-state index in [1.807, 2.05) is 24.1 Å². The molecule has 1 aliphatic rings. The Balaban J connectivity index is 2.01. The lowest BCUT2D eigenvalue weighted by atomic mass is 10.0. The summed E-state index contributed by atoms with van der Waals surface area (Å²) in [5, 5.41) is 11.5. The number of aliphatic carboxylic acids is 1. The van der Waals surface area contributed by atoms with Crippen molar-refractivity contribution in [3.8, 4) is 0 Å². The summed E-state index contributed by atoms with van der Waals surface area (Å²) >= 11 is 0. The smallest absolute Gasteiger partial charge is 0.303 e. The van der Waals surface area contributed by atoms with Gasteiger partial charge in [0.15, 0.2) is 0 Å².